The SMILES string of the molecule is Nc1cc([N+](=O)[O-])cc(Sc2nnnn2C2CC2)n1. The minimum absolute atomic E-state index is 0.0968. The van der Waals surface area contributed by atoms with Crippen LogP contribution in [0.2, 0.25) is 0 Å². The van der Waals surface area contributed by atoms with Crippen molar-refractivity contribution in [2.24, 2.45) is 0 Å². The average molecular weight is 279 g/mol. The summed E-state index contributed by atoms with van der Waals surface area (Å²) < 4.78 is 1.71. The smallest absolute Gasteiger partial charge is 0.275 e. The maximum atomic E-state index is 10.8. The van der Waals surface area contributed by atoms with E-state index in [1.807, 2.05) is 0 Å². The predicted octanol–water partition coefficient (Wildman–Crippen LogP) is 1.04. The lowest BCUT2D eigenvalue weighted by Crippen LogP contribution is -2.00. The zero-order valence-corrected chi connectivity index (χ0v) is 10.4. The highest BCUT2D eigenvalue weighted by Crippen LogP contribution is 2.38. The first-order valence-corrected chi connectivity index (χ1v) is 6.33. The van der Waals surface area contributed by atoms with E-state index in [9.17, 15) is 10.1 Å². The first-order chi connectivity index (χ1) is 9.13. The van der Waals surface area contributed by atoms with E-state index in [0.717, 1.165) is 12.8 Å². The summed E-state index contributed by atoms with van der Waals surface area (Å²) in [5.74, 6) is 0.0992. The van der Waals surface area contributed by atoms with Crippen LogP contribution in [0.5, 0.6) is 0 Å². The van der Waals surface area contributed by atoms with Crippen LogP contribution in [0.15, 0.2) is 22.3 Å². The molecule has 1 aliphatic carbocycles. The van der Waals surface area contributed by atoms with Gasteiger partial charge < -0.3 is 5.73 Å². The second-order valence-corrected chi connectivity index (χ2v) is 5.07. The molecule has 2 aromatic heterocycles. The fourth-order valence-corrected chi connectivity index (χ4v) is 2.44. The van der Waals surface area contributed by atoms with Crippen LogP contribution in [0.4, 0.5) is 11.5 Å². The molecule has 0 aromatic carbocycles. The van der Waals surface area contributed by atoms with Gasteiger partial charge in [0.05, 0.1) is 17.0 Å². The molecule has 2 aromatic rings. The van der Waals surface area contributed by atoms with E-state index >= 15 is 0 Å². The lowest BCUT2D eigenvalue weighted by atomic mass is 10.4. The zero-order chi connectivity index (χ0) is 13.4. The maximum Gasteiger partial charge on any atom is 0.275 e. The van der Waals surface area contributed by atoms with Crippen LogP contribution in [0.1, 0.15) is 18.9 Å². The summed E-state index contributed by atoms with van der Waals surface area (Å²) in [6, 6.07) is 2.90. The van der Waals surface area contributed by atoms with Crippen LogP contribution < -0.4 is 5.73 Å². The Morgan fingerprint density at radius 3 is 2.95 bits per heavy atom. The molecule has 0 bridgehead atoms. The van der Waals surface area contributed by atoms with E-state index in [1.54, 1.807) is 4.68 Å². The van der Waals surface area contributed by atoms with Crippen molar-refractivity contribution in [3.63, 3.8) is 0 Å². The molecule has 0 radical (unpaired) electrons. The molecule has 98 valence electrons. The van der Waals surface area contributed by atoms with E-state index in [4.69, 9.17) is 5.73 Å². The number of aromatic nitrogens is 5. The van der Waals surface area contributed by atoms with Crippen LogP contribution in [-0.4, -0.2) is 30.1 Å². The van der Waals surface area contributed by atoms with E-state index < -0.39 is 4.92 Å². The molecule has 9 nitrogen and oxygen atoms in total. The topological polar surface area (TPSA) is 126 Å². The van der Waals surface area contributed by atoms with Gasteiger partial charge in [0.25, 0.3) is 5.69 Å². The molecule has 0 saturated heterocycles. The molecule has 0 atom stereocenters. The number of nitrogens with two attached hydrogens (primary N) is 1. The van der Waals surface area contributed by atoms with Gasteiger partial charge in [0, 0.05) is 6.07 Å². The summed E-state index contributed by atoms with van der Waals surface area (Å²) in [6.07, 6.45) is 2.09. The number of nitro groups is 1. The molecule has 19 heavy (non-hydrogen) atoms. The summed E-state index contributed by atoms with van der Waals surface area (Å²) in [7, 11) is 0. The molecule has 0 spiro atoms. The van der Waals surface area contributed by atoms with Crippen molar-refractivity contribution >= 4 is 23.3 Å². The molecule has 0 aliphatic heterocycles. The molecule has 0 amide bonds. The predicted molar refractivity (Wildman–Crippen MR) is 65.5 cm³/mol. The van der Waals surface area contributed by atoms with Crippen LogP contribution in [0.3, 0.4) is 0 Å². The Balaban J connectivity index is 1.90. The molecule has 10 heteroatoms. The molecule has 2 heterocycles. The molecule has 1 aliphatic rings. The lowest BCUT2D eigenvalue weighted by molar-refractivity contribution is -0.385. The number of nitrogen functional groups attached to an aromatic ring is 1. The third-order valence-electron chi connectivity index (χ3n) is 2.57. The van der Waals surface area contributed by atoms with Crippen molar-refractivity contribution in [3.8, 4) is 0 Å². The number of nitrogens with zero attached hydrogens (tertiary/aromatic N) is 6. The van der Waals surface area contributed by atoms with Gasteiger partial charge in [-0.05, 0) is 35.0 Å². The standard InChI is InChI=1S/C9H9N7O2S/c10-7-3-6(16(17)18)4-8(11-7)19-9-12-13-14-15(9)5-1-2-5/h3-5H,1-2H2,(H2,10,11). The third-order valence-corrected chi connectivity index (χ3v) is 3.44. The lowest BCUT2D eigenvalue weighted by Gasteiger charge is -2.02. The second kappa shape index (κ2) is 4.46. The van der Waals surface area contributed by atoms with Crippen molar-refractivity contribution in [2.45, 2.75) is 29.1 Å². The highest BCUT2D eigenvalue weighted by molar-refractivity contribution is 7.99. The van der Waals surface area contributed by atoms with E-state index in [0.29, 0.717) is 16.2 Å². The van der Waals surface area contributed by atoms with Gasteiger partial charge in [-0.2, -0.15) is 0 Å². The van der Waals surface area contributed by atoms with Crippen LogP contribution >= 0.6 is 11.8 Å². The normalized spacial score (nSPS) is 14.5. The monoisotopic (exact) mass is 279 g/mol. The highest BCUT2D eigenvalue weighted by Gasteiger charge is 2.28. The number of hydrogen-bond donors (Lipinski definition) is 1. The molecule has 0 unspecified atom stereocenters. The van der Waals surface area contributed by atoms with E-state index in [1.165, 1.54) is 23.9 Å². The summed E-state index contributed by atoms with van der Waals surface area (Å²) in [5, 5.41) is 23.1. The fourth-order valence-electron chi connectivity index (χ4n) is 1.56. The largest absolute Gasteiger partial charge is 0.383 e. The van der Waals surface area contributed by atoms with Gasteiger partial charge in [-0.15, -0.1) is 5.10 Å². The summed E-state index contributed by atoms with van der Waals surface area (Å²) in [5.41, 5.74) is 5.45. The molecular weight excluding hydrogens is 270 g/mol. The van der Waals surface area contributed by atoms with E-state index in [-0.39, 0.29) is 11.5 Å². The van der Waals surface area contributed by atoms with Crippen molar-refractivity contribution < 1.29 is 4.92 Å². The fraction of sp³-hybridized carbons (Fsp3) is 0.333. The zero-order valence-electron chi connectivity index (χ0n) is 9.63. The van der Waals surface area contributed by atoms with Gasteiger partial charge >= 0.3 is 0 Å². The minimum atomic E-state index is -0.508. The molecule has 2 N–H and O–H groups in total. The molecule has 3 rings (SSSR count). The Hall–Kier alpha value is -2.23. The van der Waals surface area contributed by atoms with Gasteiger partial charge in [-0.25, -0.2) is 9.67 Å². The van der Waals surface area contributed by atoms with Crippen molar-refractivity contribution in [1.29, 1.82) is 0 Å². The van der Waals surface area contributed by atoms with Gasteiger partial charge in [0.1, 0.15) is 10.8 Å². The van der Waals surface area contributed by atoms with Crippen molar-refractivity contribution in [1.82, 2.24) is 25.2 Å². The molecule has 1 fully saturated rings. The van der Waals surface area contributed by atoms with Crippen molar-refractivity contribution in [3.05, 3.63) is 22.2 Å². The summed E-state index contributed by atoms with van der Waals surface area (Å²) in [6.45, 7) is 0. The first-order valence-electron chi connectivity index (χ1n) is 5.51. The van der Waals surface area contributed by atoms with Crippen LogP contribution in [-0.2, 0) is 0 Å². The highest BCUT2D eigenvalue weighted by atomic mass is 32.2. The third kappa shape index (κ3) is 2.47. The number of hydrogen-bond acceptors (Lipinski definition) is 8. The van der Waals surface area contributed by atoms with Gasteiger partial charge in [0.2, 0.25) is 5.16 Å². The van der Waals surface area contributed by atoms with Gasteiger partial charge in [0.15, 0.2) is 0 Å². The minimum Gasteiger partial charge on any atom is -0.383 e. The maximum absolute atomic E-state index is 10.8. The Morgan fingerprint density at radius 1 is 1.47 bits per heavy atom. The molecule has 1 saturated carbocycles. The van der Waals surface area contributed by atoms with Crippen molar-refractivity contribution in [2.75, 3.05) is 5.73 Å². The Kier molecular flexibility index (Phi) is 2.78. The Labute approximate surface area is 111 Å². The van der Waals surface area contributed by atoms with Crippen LogP contribution in [0, 0.1) is 10.1 Å². The Morgan fingerprint density at radius 2 is 2.26 bits per heavy atom. The first kappa shape index (κ1) is 11.8. The average Bonchev–Trinajstić information content (AvgIpc) is 3.10. The van der Waals surface area contributed by atoms with Crippen LogP contribution in [0.25, 0.3) is 0 Å². The molecular formula is C9H9N7O2S. The number of rotatable bonds is 4. The number of pyridine rings is 1. The second-order valence-electron chi connectivity index (χ2n) is 4.08. The van der Waals surface area contributed by atoms with E-state index in [2.05, 4.69) is 20.5 Å². The summed E-state index contributed by atoms with van der Waals surface area (Å²) in [4.78, 5) is 14.3. The van der Waals surface area contributed by atoms with Gasteiger partial charge in [-0.3, -0.25) is 10.1 Å². The quantitative estimate of drug-likeness (QED) is 0.650. The number of anilines is 1. The summed E-state index contributed by atoms with van der Waals surface area (Å²) >= 11 is 1.17. The Bertz CT molecular complexity index is 639. The number of tetrazole rings is 1. The van der Waals surface area contributed by atoms with Gasteiger partial charge in [-0.1, -0.05) is 0 Å².